The summed E-state index contributed by atoms with van der Waals surface area (Å²) in [5.41, 5.74) is 1.13. The van der Waals surface area contributed by atoms with Crippen molar-refractivity contribution in [2.45, 2.75) is 132 Å². The van der Waals surface area contributed by atoms with E-state index in [0.717, 1.165) is 87.0 Å². The molecular formula is C39H51N5O8S. The van der Waals surface area contributed by atoms with E-state index >= 15 is 0 Å². The van der Waals surface area contributed by atoms with E-state index in [4.69, 9.17) is 9.47 Å². The largest absolute Gasteiger partial charge is 0.472 e. The number of benzene rings is 1. The molecule has 3 N–H and O–H groups in total. The van der Waals surface area contributed by atoms with Crippen LogP contribution in [0.1, 0.15) is 95.5 Å². The van der Waals surface area contributed by atoms with Gasteiger partial charge in [-0.15, -0.1) is 6.58 Å². The van der Waals surface area contributed by atoms with Crippen LogP contribution in [-0.2, 0) is 35.6 Å². The van der Waals surface area contributed by atoms with Crippen molar-refractivity contribution in [1.29, 1.82) is 0 Å². The topological polar surface area (TPSA) is 173 Å². The van der Waals surface area contributed by atoms with Gasteiger partial charge in [0.05, 0.1) is 11.8 Å². The van der Waals surface area contributed by atoms with Crippen molar-refractivity contribution in [1.82, 2.24) is 25.2 Å². The van der Waals surface area contributed by atoms with E-state index in [2.05, 4.69) is 39.1 Å². The van der Waals surface area contributed by atoms with Crippen molar-refractivity contribution in [3.8, 4) is 5.88 Å². The number of nitrogens with zero attached hydrogens (tertiary/aromatic N) is 2. The number of alkyl carbamates (subject to hydrolysis) is 1. The molecule has 14 heteroatoms. The Kier molecular flexibility index (Phi) is 11.2. The highest BCUT2D eigenvalue weighted by Gasteiger charge is 2.46. The predicted molar refractivity (Wildman–Crippen MR) is 197 cm³/mol. The van der Waals surface area contributed by atoms with E-state index in [0.29, 0.717) is 18.7 Å². The highest BCUT2D eigenvalue weighted by atomic mass is 32.2. The third-order valence-electron chi connectivity index (χ3n) is 11.7. The molecule has 2 aromatic rings. The number of aryl methyl sites for hydroxylation is 1. The van der Waals surface area contributed by atoms with Gasteiger partial charge in [0.15, 0.2) is 0 Å². The van der Waals surface area contributed by atoms with Gasteiger partial charge in [0.25, 0.3) is 5.91 Å². The van der Waals surface area contributed by atoms with Crippen molar-refractivity contribution >= 4 is 44.6 Å². The van der Waals surface area contributed by atoms with Gasteiger partial charge < -0.3 is 25.0 Å². The normalized spacial score (nSPS) is 27.8. The van der Waals surface area contributed by atoms with Crippen LogP contribution in [0.4, 0.5) is 4.79 Å². The minimum atomic E-state index is -3.87. The molecule has 3 aliphatic carbocycles. The van der Waals surface area contributed by atoms with Crippen molar-refractivity contribution in [3.63, 3.8) is 0 Å². The number of ether oxygens (including phenoxy) is 2. The molecule has 1 saturated heterocycles. The van der Waals surface area contributed by atoms with E-state index in [1.807, 2.05) is 12.1 Å². The van der Waals surface area contributed by atoms with Gasteiger partial charge in [0, 0.05) is 18.0 Å². The molecule has 0 radical (unpaired) electrons. The minimum Gasteiger partial charge on any atom is -0.472 e. The summed E-state index contributed by atoms with van der Waals surface area (Å²) in [6.07, 6.45) is 12.4. The van der Waals surface area contributed by atoms with Gasteiger partial charge >= 0.3 is 6.09 Å². The second-order valence-corrected chi connectivity index (χ2v) is 17.5. The molecule has 6 atom stereocenters. The van der Waals surface area contributed by atoms with Crippen LogP contribution < -0.4 is 20.1 Å². The predicted octanol–water partition coefficient (Wildman–Crippen LogP) is 4.43. The van der Waals surface area contributed by atoms with Gasteiger partial charge in [-0.1, -0.05) is 37.5 Å². The molecule has 3 saturated carbocycles. The summed E-state index contributed by atoms with van der Waals surface area (Å²) in [5.74, 6) is -1.43. The molecule has 1 unspecified atom stereocenters. The van der Waals surface area contributed by atoms with Gasteiger partial charge in [-0.2, -0.15) is 0 Å². The van der Waals surface area contributed by atoms with Gasteiger partial charge in [0.1, 0.15) is 30.3 Å². The third-order valence-corrected chi connectivity index (χ3v) is 13.5. The van der Waals surface area contributed by atoms with E-state index in [9.17, 15) is 27.6 Å². The van der Waals surface area contributed by atoms with E-state index in [1.165, 1.54) is 11.0 Å². The summed E-state index contributed by atoms with van der Waals surface area (Å²) in [6, 6.07) is 4.92. The lowest BCUT2D eigenvalue weighted by atomic mass is 9.83. The molecule has 2 aliphatic heterocycles. The van der Waals surface area contributed by atoms with Crippen LogP contribution in [0.3, 0.4) is 0 Å². The number of amides is 4. The number of fused-ring (bicyclic) bond motifs is 4. The van der Waals surface area contributed by atoms with Crippen molar-refractivity contribution < 1.29 is 37.1 Å². The number of rotatable bonds is 8. The van der Waals surface area contributed by atoms with Gasteiger partial charge in [-0.25, -0.2) is 18.2 Å². The Labute approximate surface area is 311 Å². The SMILES string of the molecule is C=CCC(NC(=O)[C@@H]1C[C@@H]2CN1C(=O)[C@H](C1CCCCC1)NC(=O)O[C@@H]1CCC[C@H]1CCCc1ccc3ccnc(c3c1)O2)C(=O)NS(=O)(=O)C1CC1. The fourth-order valence-electron chi connectivity index (χ4n) is 8.69. The van der Waals surface area contributed by atoms with E-state index < -0.39 is 63.3 Å². The maximum absolute atomic E-state index is 14.8. The number of carbonyl (C=O) groups is 4. The Morgan fingerprint density at radius 2 is 1.75 bits per heavy atom. The van der Waals surface area contributed by atoms with Crippen LogP contribution >= 0.6 is 0 Å². The summed E-state index contributed by atoms with van der Waals surface area (Å²) >= 11 is 0. The van der Waals surface area contributed by atoms with E-state index in [1.54, 1.807) is 6.20 Å². The lowest BCUT2D eigenvalue weighted by molar-refractivity contribution is -0.142. The quantitative estimate of drug-likeness (QED) is 0.330. The fraction of sp³-hybridized carbons (Fsp3) is 0.615. The maximum Gasteiger partial charge on any atom is 0.408 e. The van der Waals surface area contributed by atoms with Crippen LogP contribution in [-0.4, -0.2) is 84.2 Å². The van der Waals surface area contributed by atoms with Gasteiger partial charge in [-0.05, 0) is 106 Å². The first-order valence-corrected chi connectivity index (χ1v) is 20.9. The number of sulfonamides is 1. The van der Waals surface area contributed by atoms with Crippen molar-refractivity contribution in [3.05, 3.63) is 48.7 Å². The molecule has 53 heavy (non-hydrogen) atoms. The zero-order valence-electron chi connectivity index (χ0n) is 30.2. The number of nitrogens with one attached hydrogen (secondary N) is 3. The molecule has 1 aromatic heterocycles. The van der Waals surface area contributed by atoms with Crippen LogP contribution in [0.2, 0.25) is 0 Å². The molecule has 3 heterocycles. The maximum atomic E-state index is 14.8. The number of pyridine rings is 1. The first-order valence-electron chi connectivity index (χ1n) is 19.4. The third kappa shape index (κ3) is 8.63. The molecule has 286 valence electrons. The summed E-state index contributed by atoms with van der Waals surface area (Å²) in [6.45, 7) is 3.73. The Morgan fingerprint density at radius 3 is 2.53 bits per heavy atom. The standard InChI is InChI=1S/C39H51N5O8S/c1-2-8-31(35(45)43-53(49,50)29-17-18-29)41-36(46)32-22-28-23-44(32)38(47)34(27-10-4-3-5-11-27)42-39(48)52-33-14-7-13-26(33)12-6-9-24-15-16-25-19-20-40-37(51-28)30(25)21-24/h2,15-16,19-21,26-29,31-34H,1,3-14,17-18,22-23H2,(H,41,46)(H,42,48)(H,43,45)/t26-,28-,31?,32+,33-,34+/m1/s1. The van der Waals surface area contributed by atoms with Gasteiger partial charge in [0.2, 0.25) is 27.7 Å². The highest BCUT2D eigenvalue weighted by Crippen LogP contribution is 2.35. The van der Waals surface area contributed by atoms with Crippen LogP contribution in [0, 0.1) is 11.8 Å². The first kappa shape index (κ1) is 37.1. The fourth-order valence-corrected chi connectivity index (χ4v) is 10.0. The average molecular weight is 750 g/mol. The zero-order chi connectivity index (χ0) is 37.1. The smallest absolute Gasteiger partial charge is 0.408 e. The van der Waals surface area contributed by atoms with Crippen LogP contribution in [0.25, 0.3) is 10.8 Å². The Hall–Kier alpha value is -4.20. The Balaban J connectivity index is 1.21. The average Bonchev–Trinajstić information content (AvgIpc) is 3.81. The zero-order valence-corrected chi connectivity index (χ0v) is 31.0. The number of aromatic nitrogens is 1. The summed E-state index contributed by atoms with van der Waals surface area (Å²) in [5, 5.41) is 6.84. The number of carbonyl (C=O) groups excluding carboxylic acids is 4. The minimum absolute atomic E-state index is 0.0269. The molecule has 5 aliphatic rings. The second-order valence-electron chi connectivity index (χ2n) is 15.5. The molecule has 13 nitrogen and oxygen atoms in total. The Morgan fingerprint density at radius 1 is 0.981 bits per heavy atom. The van der Waals surface area contributed by atoms with E-state index in [-0.39, 0.29) is 37.3 Å². The monoisotopic (exact) mass is 749 g/mol. The molecule has 4 bridgehead atoms. The highest BCUT2D eigenvalue weighted by molar-refractivity contribution is 7.90. The lowest BCUT2D eigenvalue weighted by Crippen LogP contribution is -2.58. The summed E-state index contributed by atoms with van der Waals surface area (Å²) < 4.78 is 39.9. The second kappa shape index (κ2) is 16.0. The summed E-state index contributed by atoms with van der Waals surface area (Å²) in [4.78, 5) is 61.8. The molecule has 1 aromatic carbocycles. The van der Waals surface area contributed by atoms with Crippen LogP contribution in [0.15, 0.2) is 43.1 Å². The number of hydrogen-bond acceptors (Lipinski definition) is 9. The van der Waals surface area contributed by atoms with Crippen molar-refractivity contribution in [2.24, 2.45) is 11.8 Å². The lowest BCUT2D eigenvalue weighted by Gasteiger charge is -2.35. The first-order chi connectivity index (χ1) is 25.6. The molecule has 4 fully saturated rings. The van der Waals surface area contributed by atoms with Crippen molar-refractivity contribution in [2.75, 3.05) is 6.54 Å². The molecule has 4 amide bonds. The number of hydrogen-bond donors (Lipinski definition) is 3. The summed E-state index contributed by atoms with van der Waals surface area (Å²) in [7, 11) is -3.87. The molecule has 0 spiro atoms. The molecule has 7 rings (SSSR count). The van der Waals surface area contributed by atoms with Crippen LogP contribution in [0.5, 0.6) is 5.88 Å². The molecular weight excluding hydrogens is 699 g/mol. The van der Waals surface area contributed by atoms with Gasteiger partial charge in [-0.3, -0.25) is 19.1 Å². The Bertz CT molecular complexity index is 1830.